The van der Waals surface area contributed by atoms with E-state index in [1.54, 1.807) is 0 Å². The molecule has 84 valence electrons. The second-order valence-corrected chi connectivity index (χ2v) is 5.00. The lowest BCUT2D eigenvalue weighted by Crippen LogP contribution is -2.31. The Bertz CT molecular complexity index is 343. The van der Waals surface area contributed by atoms with Crippen molar-refractivity contribution >= 4 is 0 Å². The number of nitrogens with two attached hydrogens (primary N) is 1. The van der Waals surface area contributed by atoms with Crippen LogP contribution in [0.1, 0.15) is 50.8 Å². The Morgan fingerprint density at radius 1 is 1.33 bits per heavy atom. The van der Waals surface area contributed by atoms with Gasteiger partial charge in [0.15, 0.2) is 0 Å². The Morgan fingerprint density at radius 3 is 2.40 bits per heavy atom. The maximum atomic E-state index is 5.73. The Labute approximate surface area is 92.1 Å². The molecule has 0 aromatic carbocycles. The maximum Gasteiger partial charge on any atom is 0.135 e. The highest BCUT2D eigenvalue weighted by Crippen LogP contribution is 2.21. The van der Waals surface area contributed by atoms with Gasteiger partial charge in [0.25, 0.3) is 0 Å². The van der Waals surface area contributed by atoms with E-state index < -0.39 is 0 Å². The van der Waals surface area contributed by atoms with Crippen molar-refractivity contribution < 1.29 is 0 Å². The SMILES string of the molecule is Cc1cc(C(C)C)nc(C(C)(C)CN)n1. The highest BCUT2D eigenvalue weighted by Gasteiger charge is 2.23. The normalized spacial score (nSPS) is 12.2. The molecule has 0 spiro atoms. The van der Waals surface area contributed by atoms with E-state index in [-0.39, 0.29) is 5.41 Å². The molecule has 0 fully saturated rings. The number of nitrogens with zero attached hydrogens (tertiary/aromatic N) is 2. The lowest BCUT2D eigenvalue weighted by atomic mass is 9.92. The monoisotopic (exact) mass is 207 g/mol. The molecule has 0 saturated carbocycles. The second-order valence-electron chi connectivity index (χ2n) is 5.00. The van der Waals surface area contributed by atoms with E-state index in [4.69, 9.17) is 5.73 Å². The minimum atomic E-state index is -0.143. The molecule has 0 saturated heterocycles. The predicted molar refractivity (Wildman–Crippen MR) is 62.9 cm³/mol. The number of rotatable bonds is 3. The van der Waals surface area contributed by atoms with Gasteiger partial charge in [-0.3, -0.25) is 0 Å². The van der Waals surface area contributed by atoms with Gasteiger partial charge < -0.3 is 5.73 Å². The van der Waals surface area contributed by atoms with Crippen LogP contribution in [0.5, 0.6) is 0 Å². The second kappa shape index (κ2) is 4.27. The number of aromatic nitrogens is 2. The Kier molecular flexibility index (Phi) is 3.45. The quantitative estimate of drug-likeness (QED) is 0.826. The molecule has 0 bridgehead atoms. The van der Waals surface area contributed by atoms with Crippen molar-refractivity contribution in [3.8, 4) is 0 Å². The molecule has 3 heteroatoms. The molecule has 15 heavy (non-hydrogen) atoms. The molecule has 1 rings (SSSR count). The molecular weight excluding hydrogens is 186 g/mol. The average molecular weight is 207 g/mol. The average Bonchev–Trinajstić information content (AvgIpc) is 2.16. The fourth-order valence-electron chi connectivity index (χ4n) is 1.28. The summed E-state index contributed by atoms with van der Waals surface area (Å²) in [5.41, 5.74) is 7.71. The van der Waals surface area contributed by atoms with Gasteiger partial charge in [-0.2, -0.15) is 0 Å². The molecule has 3 nitrogen and oxygen atoms in total. The number of hydrogen-bond donors (Lipinski definition) is 1. The van der Waals surface area contributed by atoms with Gasteiger partial charge in [0.05, 0.1) is 0 Å². The van der Waals surface area contributed by atoms with Crippen LogP contribution < -0.4 is 5.73 Å². The molecule has 1 aromatic rings. The van der Waals surface area contributed by atoms with E-state index in [0.717, 1.165) is 17.2 Å². The third-order valence-corrected chi connectivity index (χ3v) is 2.58. The van der Waals surface area contributed by atoms with Crippen LogP contribution in [-0.2, 0) is 5.41 Å². The van der Waals surface area contributed by atoms with Gasteiger partial charge >= 0.3 is 0 Å². The first-order valence-corrected chi connectivity index (χ1v) is 5.43. The van der Waals surface area contributed by atoms with Gasteiger partial charge in [-0.05, 0) is 18.9 Å². The first-order chi connectivity index (χ1) is 6.86. The fourth-order valence-corrected chi connectivity index (χ4v) is 1.28. The zero-order valence-corrected chi connectivity index (χ0v) is 10.3. The zero-order chi connectivity index (χ0) is 11.6. The Morgan fingerprint density at radius 2 is 1.93 bits per heavy atom. The summed E-state index contributed by atoms with van der Waals surface area (Å²) in [6.07, 6.45) is 0. The van der Waals surface area contributed by atoms with Gasteiger partial charge in [0.2, 0.25) is 0 Å². The Balaban J connectivity index is 3.20. The van der Waals surface area contributed by atoms with Crippen LogP contribution in [0.15, 0.2) is 6.07 Å². The lowest BCUT2D eigenvalue weighted by Gasteiger charge is -2.22. The summed E-state index contributed by atoms with van der Waals surface area (Å²) in [5, 5.41) is 0. The van der Waals surface area contributed by atoms with Crippen molar-refractivity contribution in [2.24, 2.45) is 5.73 Å². The van der Waals surface area contributed by atoms with Crippen LogP contribution in [0.25, 0.3) is 0 Å². The van der Waals surface area contributed by atoms with Crippen LogP contribution in [-0.4, -0.2) is 16.5 Å². The summed E-state index contributed by atoms with van der Waals surface area (Å²) < 4.78 is 0. The molecule has 0 radical (unpaired) electrons. The topological polar surface area (TPSA) is 51.8 Å². The molecule has 1 heterocycles. The van der Waals surface area contributed by atoms with E-state index in [9.17, 15) is 0 Å². The third kappa shape index (κ3) is 2.75. The molecule has 0 amide bonds. The van der Waals surface area contributed by atoms with Gasteiger partial charge in [-0.1, -0.05) is 27.7 Å². The van der Waals surface area contributed by atoms with Gasteiger partial charge in [0, 0.05) is 23.3 Å². The molecular formula is C12H21N3. The van der Waals surface area contributed by atoms with Crippen LogP contribution in [0, 0.1) is 6.92 Å². The molecule has 0 atom stereocenters. The number of aryl methyl sites for hydroxylation is 1. The third-order valence-electron chi connectivity index (χ3n) is 2.58. The summed E-state index contributed by atoms with van der Waals surface area (Å²) >= 11 is 0. The van der Waals surface area contributed by atoms with Crippen molar-refractivity contribution in [1.29, 1.82) is 0 Å². The van der Waals surface area contributed by atoms with Gasteiger partial charge in [0.1, 0.15) is 5.82 Å². The van der Waals surface area contributed by atoms with Gasteiger partial charge in [-0.25, -0.2) is 9.97 Å². The summed E-state index contributed by atoms with van der Waals surface area (Å²) in [5.74, 6) is 1.28. The van der Waals surface area contributed by atoms with Crippen molar-refractivity contribution in [3.05, 3.63) is 23.3 Å². The molecule has 0 aliphatic heterocycles. The Hall–Kier alpha value is -0.960. The predicted octanol–water partition coefficient (Wildman–Crippen LogP) is 2.14. The smallest absolute Gasteiger partial charge is 0.135 e. The van der Waals surface area contributed by atoms with E-state index >= 15 is 0 Å². The van der Waals surface area contributed by atoms with Crippen molar-refractivity contribution in [3.63, 3.8) is 0 Å². The van der Waals surface area contributed by atoms with E-state index in [1.165, 1.54) is 0 Å². The summed E-state index contributed by atoms with van der Waals surface area (Å²) in [6, 6.07) is 2.04. The summed E-state index contributed by atoms with van der Waals surface area (Å²) in [6.45, 7) is 11.0. The summed E-state index contributed by atoms with van der Waals surface area (Å²) in [7, 11) is 0. The number of hydrogen-bond acceptors (Lipinski definition) is 3. The summed E-state index contributed by atoms with van der Waals surface area (Å²) in [4.78, 5) is 9.05. The minimum absolute atomic E-state index is 0.143. The zero-order valence-electron chi connectivity index (χ0n) is 10.3. The standard InChI is InChI=1S/C12H21N3/c1-8(2)10-6-9(3)14-11(15-10)12(4,5)7-13/h6,8H,7,13H2,1-5H3. The van der Waals surface area contributed by atoms with Crippen LogP contribution in [0.4, 0.5) is 0 Å². The maximum absolute atomic E-state index is 5.73. The molecule has 1 aromatic heterocycles. The van der Waals surface area contributed by atoms with E-state index in [2.05, 4.69) is 37.7 Å². The highest BCUT2D eigenvalue weighted by molar-refractivity contribution is 5.17. The van der Waals surface area contributed by atoms with E-state index in [1.807, 2.05) is 13.0 Å². The van der Waals surface area contributed by atoms with Crippen LogP contribution in [0.2, 0.25) is 0 Å². The fraction of sp³-hybridized carbons (Fsp3) is 0.667. The molecule has 0 unspecified atom stereocenters. The van der Waals surface area contributed by atoms with Crippen molar-refractivity contribution in [1.82, 2.24) is 9.97 Å². The highest BCUT2D eigenvalue weighted by atomic mass is 14.9. The molecule has 2 N–H and O–H groups in total. The first kappa shape index (κ1) is 12.1. The lowest BCUT2D eigenvalue weighted by molar-refractivity contribution is 0.496. The van der Waals surface area contributed by atoms with Gasteiger partial charge in [-0.15, -0.1) is 0 Å². The van der Waals surface area contributed by atoms with E-state index in [0.29, 0.717) is 12.5 Å². The first-order valence-electron chi connectivity index (χ1n) is 5.43. The van der Waals surface area contributed by atoms with Crippen molar-refractivity contribution in [2.75, 3.05) is 6.54 Å². The molecule has 0 aliphatic rings. The largest absolute Gasteiger partial charge is 0.329 e. The van der Waals surface area contributed by atoms with Crippen LogP contribution >= 0.6 is 0 Å². The van der Waals surface area contributed by atoms with Crippen LogP contribution in [0.3, 0.4) is 0 Å². The van der Waals surface area contributed by atoms with Crippen molar-refractivity contribution in [2.45, 2.75) is 46.0 Å². The molecule has 0 aliphatic carbocycles. The minimum Gasteiger partial charge on any atom is -0.329 e.